The summed E-state index contributed by atoms with van der Waals surface area (Å²) in [6.07, 6.45) is -2.32. The summed E-state index contributed by atoms with van der Waals surface area (Å²) < 4.78 is 42.1. The van der Waals surface area contributed by atoms with Crippen molar-refractivity contribution in [3.8, 4) is 22.8 Å². The van der Waals surface area contributed by atoms with E-state index in [1.165, 1.54) is 35.3 Å². The first-order valence-electron chi connectivity index (χ1n) is 9.32. The molecule has 1 heterocycles. The highest BCUT2D eigenvalue weighted by molar-refractivity contribution is 5.76. The first-order valence-corrected chi connectivity index (χ1v) is 9.32. The molecule has 3 aromatic rings. The van der Waals surface area contributed by atoms with Crippen molar-refractivity contribution in [2.24, 2.45) is 5.22 Å². The van der Waals surface area contributed by atoms with Gasteiger partial charge >= 0.3 is 6.36 Å². The maximum atomic E-state index is 12.3. The first-order chi connectivity index (χ1) is 14.8. The molecule has 31 heavy (non-hydrogen) atoms. The molecule has 0 bridgehead atoms. The fraction of sp³-hybridized carbons (Fsp3) is 0.250. The Morgan fingerprint density at radius 2 is 1.87 bits per heavy atom. The highest BCUT2D eigenvalue weighted by Crippen LogP contribution is 2.26. The Balaban J connectivity index is 1.72. The zero-order valence-corrected chi connectivity index (χ0v) is 16.4. The smallest absolute Gasteiger partial charge is 0.406 e. The van der Waals surface area contributed by atoms with Crippen molar-refractivity contribution in [2.45, 2.75) is 32.0 Å². The van der Waals surface area contributed by atoms with E-state index in [4.69, 9.17) is 5.53 Å². The van der Waals surface area contributed by atoms with Crippen LogP contribution in [0.3, 0.4) is 0 Å². The van der Waals surface area contributed by atoms with Crippen molar-refractivity contribution >= 4 is 5.91 Å². The summed E-state index contributed by atoms with van der Waals surface area (Å²) in [7, 11) is 0. The van der Waals surface area contributed by atoms with Crippen LogP contribution in [0.4, 0.5) is 13.2 Å². The number of carbonyl (C=O) groups excluding carboxylic acids is 1. The molecule has 0 spiro atoms. The minimum atomic E-state index is -4.74. The summed E-state index contributed by atoms with van der Waals surface area (Å²) in [6, 6.07) is 12.7. The van der Waals surface area contributed by atoms with Crippen LogP contribution in [0.15, 0.2) is 60.1 Å². The lowest BCUT2D eigenvalue weighted by Gasteiger charge is -2.14. The molecular weight excluding hydrogens is 413 g/mol. The number of amides is 1. The number of rotatable bonds is 8. The molecule has 0 saturated carbocycles. The molecule has 11 heteroatoms. The van der Waals surface area contributed by atoms with Crippen LogP contribution in [0.5, 0.6) is 5.75 Å². The van der Waals surface area contributed by atoms with Gasteiger partial charge in [0.2, 0.25) is 5.91 Å². The molecule has 2 N–H and O–H groups in total. The molecule has 162 valence electrons. The van der Waals surface area contributed by atoms with E-state index in [1.54, 1.807) is 0 Å². The van der Waals surface area contributed by atoms with Crippen LogP contribution in [0, 0.1) is 5.53 Å². The van der Waals surface area contributed by atoms with E-state index < -0.39 is 6.36 Å². The van der Waals surface area contributed by atoms with Crippen LogP contribution in [-0.4, -0.2) is 27.0 Å². The predicted molar refractivity (Wildman–Crippen MR) is 104 cm³/mol. The number of nitrogens with one attached hydrogen (secondary N) is 2. The topological polar surface area (TPSA) is 105 Å². The molecule has 1 amide bonds. The molecule has 0 radical (unpaired) electrons. The van der Waals surface area contributed by atoms with E-state index in [0.29, 0.717) is 11.5 Å². The van der Waals surface area contributed by atoms with Crippen molar-refractivity contribution in [1.29, 1.82) is 5.53 Å². The number of alkyl halides is 3. The van der Waals surface area contributed by atoms with E-state index >= 15 is 0 Å². The number of aromatic nitrogens is 3. The Kier molecular flexibility index (Phi) is 6.63. The average Bonchev–Trinajstić information content (AvgIpc) is 3.22. The van der Waals surface area contributed by atoms with Gasteiger partial charge in [0.1, 0.15) is 12.1 Å². The molecule has 1 aromatic heterocycles. The third-order valence-corrected chi connectivity index (χ3v) is 4.57. The fourth-order valence-corrected chi connectivity index (χ4v) is 3.05. The summed E-state index contributed by atoms with van der Waals surface area (Å²) in [4.78, 5) is 15.9. The third-order valence-electron chi connectivity index (χ3n) is 4.57. The van der Waals surface area contributed by atoms with Gasteiger partial charge < -0.3 is 4.74 Å². The molecule has 0 aliphatic heterocycles. The molecule has 2 aromatic carbocycles. The lowest BCUT2D eigenvalue weighted by Crippen LogP contribution is -2.19. The van der Waals surface area contributed by atoms with Gasteiger partial charge in [-0.05, 0) is 42.2 Å². The summed E-state index contributed by atoms with van der Waals surface area (Å²) in [5, 5.41) is 7.26. The van der Waals surface area contributed by atoms with Crippen molar-refractivity contribution in [1.82, 2.24) is 20.2 Å². The van der Waals surface area contributed by atoms with Crippen molar-refractivity contribution in [3.63, 3.8) is 0 Å². The van der Waals surface area contributed by atoms with Crippen LogP contribution in [0.1, 0.15) is 31.2 Å². The van der Waals surface area contributed by atoms with Gasteiger partial charge in [0.15, 0.2) is 5.82 Å². The van der Waals surface area contributed by atoms with E-state index in [2.05, 4.69) is 25.5 Å². The number of hydrogen-bond donors (Lipinski definition) is 2. The quantitative estimate of drug-likeness (QED) is 0.395. The van der Waals surface area contributed by atoms with Gasteiger partial charge in [-0.2, -0.15) is 5.53 Å². The van der Waals surface area contributed by atoms with Crippen LogP contribution < -0.4 is 10.2 Å². The Labute approximate surface area is 175 Å². The second-order valence-electron chi connectivity index (χ2n) is 6.63. The molecule has 1 unspecified atom stereocenters. The summed E-state index contributed by atoms with van der Waals surface area (Å²) in [5.74, 6) is -0.208. The lowest BCUT2D eigenvalue weighted by atomic mass is 9.92. The maximum absolute atomic E-state index is 12.3. The van der Waals surface area contributed by atoms with Gasteiger partial charge in [-0.15, -0.1) is 18.3 Å². The largest absolute Gasteiger partial charge is 0.573 e. The predicted octanol–water partition coefficient (Wildman–Crippen LogP) is 4.78. The lowest BCUT2D eigenvalue weighted by molar-refractivity contribution is -0.274. The van der Waals surface area contributed by atoms with Crippen molar-refractivity contribution in [2.75, 3.05) is 0 Å². The molecule has 3 rings (SSSR count). The molecule has 0 aliphatic rings. The average molecular weight is 432 g/mol. The zero-order chi connectivity index (χ0) is 22.4. The minimum Gasteiger partial charge on any atom is -0.406 e. The van der Waals surface area contributed by atoms with Crippen LogP contribution in [0.25, 0.3) is 17.1 Å². The van der Waals surface area contributed by atoms with E-state index in [-0.39, 0.29) is 24.0 Å². The standard InChI is InChI=1S/C20H19F3N6O2/c1-2-13(11-18(30)26-28-24)14-3-5-15(6-4-14)19-25-12-29(27-19)16-7-9-17(10-8-16)31-20(21,22)23/h3-10,12-13H,2,11H2,1H3,(H2,24,26,30). The van der Waals surface area contributed by atoms with E-state index in [9.17, 15) is 18.0 Å². The maximum Gasteiger partial charge on any atom is 0.573 e. The highest BCUT2D eigenvalue weighted by Gasteiger charge is 2.31. The van der Waals surface area contributed by atoms with E-state index in [0.717, 1.165) is 17.5 Å². The number of carbonyl (C=O) groups is 1. The first kappa shape index (κ1) is 21.9. The second kappa shape index (κ2) is 9.37. The van der Waals surface area contributed by atoms with Crippen LogP contribution in [0.2, 0.25) is 0 Å². The van der Waals surface area contributed by atoms with Gasteiger partial charge in [0, 0.05) is 12.0 Å². The summed E-state index contributed by atoms with van der Waals surface area (Å²) in [6.45, 7) is 1.97. The molecule has 0 saturated heterocycles. The van der Waals surface area contributed by atoms with Gasteiger partial charge in [-0.1, -0.05) is 36.4 Å². The highest BCUT2D eigenvalue weighted by atomic mass is 19.4. The monoisotopic (exact) mass is 432 g/mol. The number of ether oxygens (including phenoxy) is 1. The van der Waals surface area contributed by atoms with Gasteiger partial charge in [-0.3, -0.25) is 4.79 Å². The summed E-state index contributed by atoms with van der Waals surface area (Å²) in [5.41, 5.74) is 11.1. The Hall–Kier alpha value is -3.76. The Bertz CT molecular complexity index is 1030. The minimum absolute atomic E-state index is 0.0150. The van der Waals surface area contributed by atoms with Crippen LogP contribution >= 0.6 is 0 Å². The SMILES string of the molecule is CCC(CC(=O)NN=N)c1ccc(-c2ncn(-c3ccc(OC(F)(F)F)cc3)n2)cc1. The number of nitrogens with zero attached hydrogens (tertiary/aromatic N) is 4. The third kappa shape index (κ3) is 5.87. The van der Waals surface area contributed by atoms with E-state index in [1.807, 2.05) is 31.2 Å². The molecule has 8 nitrogen and oxygen atoms in total. The zero-order valence-electron chi connectivity index (χ0n) is 16.4. The Morgan fingerprint density at radius 3 is 2.45 bits per heavy atom. The molecule has 0 aliphatic carbocycles. The number of hydrogen-bond acceptors (Lipinski definition) is 6. The Morgan fingerprint density at radius 1 is 1.19 bits per heavy atom. The van der Waals surface area contributed by atoms with Gasteiger partial charge in [-0.25, -0.2) is 15.1 Å². The van der Waals surface area contributed by atoms with Crippen LogP contribution in [-0.2, 0) is 4.79 Å². The normalized spacial score (nSPS) is 12.3. The van der Waals surface area contributed by atoms with Crippen molar-refractivity contribution in [3.05, 3.63) is 60.4 Å². The number of halogens is 3. The fourth-order valence-electron chi connectivity index (χ4n) is 3.05. The second-order valence-corrected chi connectivity index (χ2v) is 6.63. The number of benzene rings is 2. The van der Waals surface area contributed by atoms with Gasteiger partial charge in [0.05, 0.1) is 5.69 Å². The molecular formula is C20H19F3N6O2. The summed E-state index contributed by atoms with van der Waals surface area (Å²) >= 11 is 0. The molecule has 0 fully saturated rings. The molecule has 1 atom stereocenters. The van der Waals surface area contributed by atoms with Gasteiger partial charge in [0.25, 0.3) is 0 Å². The van der Waals surface area contributed by atoms with Crippen molar-refractivity contribution < 1.29 is 22.7 Å².